The van der Waals surface area contributed by atoms with Crippen molar-refractivity contribution >= 4 is 40.3 Å². The molecule has 0 spiro atoms. The number of hydrogen-bond acceptors (Lipinski definition) is 2. The summed E-state index contributed by atoms with van der Waals surface area (Å²) in [6.45, 7) is 0.475. The standard InChI is InChI=1S/C13H16FIN2O3/c14-9-5-6-11(10(15)8-9)17-13(20)16-7-3-1-2-4-12(18)19/h5-6,8H,1-4,7H2,(H,18,19)(H2,16,17,20). The number of anilines is 1. The van der Waals surface area contributed by atoms with Crippen LogP contribution in [-0.4, -0.2) is 23.7 Å². The van der Waals surface area contributed by atoms with Crippen LogP contribution in [0.4, 0.5) is 14.9 Å². The number of carboxylic acid groups (broad SMARTS) is 1. The van der Waals surface area contributed by atoms with E-state index in [2.05, 4.69) is 10.6 Å². The Morgan fingerprint density at radius 2 is 2.00 bits per heavy atom. The number of rotatable bonds is 7. The minimum absolute atomic E-state index is 0.153. The predicted molar refractivity (Wildman–Crippen MR) is 82.2 cm³/mol. The summed E-state index contributed by atoms with van der Waals surface area (Å²) >= 11 is 1.94. The van der Waals surface area contributed by atoms with Gasteiger partial charge in [-0.3, -0.25) is 4.79 Å². The number of benzene rings is 1. The van der Waals surface area contributed by atoms with Gasteiger partial charge >= 0.3 is 12.0 Å². The van der Waals surface area contributed by atoms with Gasteiger partial charge in [-0.2, -0.15) is 0 Å². The van der Waals surface area contributed by atoms with Gasteiger partial charge in [0.1, 0.15) is 5.82 Å². The second kappa shape index (κ2) is 8.72. The van der Waals surface area contributed by atoms with E-state index >= 15 is 0 Å². The molecule has 3 N–H and O–H groups in total. The number of unbranched alkanes of at least 4 members (excludes halogenated alkanes) is 2. The SMILES string of the molecule is O=C(O)CCCCCNC(=O)Nc1ccc(F)cc1I. The van der Waals surface area contributed by atoms with Gasteiger partial charge in [0.15, 0.2) is 0 Å². The van der Waals surface area contributed by atoms with Crippen molar-refractivity contribution in [2.45, 2.75) is 25.7 Å². The van der Waals surface area contributed by atoms with E-state index < -0.39 is 5.97 Å². The van der Waals surface area contributed by atoms with Crippen LogP contribution in [0.3, 0.4) is 0 Å². The molecule has 0 atom stereocenters. The number of hydrogen-bond donors (Lipinski definition) is 3. The van der Waals surface area contributed by atoms with E-state index in [9.17, 15) is 14.0 Å². The second-order valence-electron chi connectivity index (χ2n) is 4.21. The van der Waals surface area contributed by atoms with Crippen LogP contribution in [0.25, 0.3) is 0 Å². The molecule has 0 heterocycles. The molecular weight excluding hydrogens is 378 g/mol. The molecule has 0 aliphatic heterocycles. The highest BCUT2D eigenvalue weighted by Gasteiger charge is 2.05. The predicted octanol–water partition coefficient (Wildman–Crippen LogP) is 3.20. The Kier molecular flexibility index (Phi) is 7.27. The Bertz CT molecular complexity index is 483. The summed E-state index contributed by atoms with van der Waals surface area (Å²) in [5.74, 6) is -1.15. The van der Waals surface area contributed by atoms with E-state index in [0.29, 0.717) is 22.2 Å². The lowest BCUT2D eigenvalue weighted by atomic mass is 10.2. The maximum absolute atomic E-state index is 12.9. The average Bonchev–Trinajstić information content (AvgIpc) is 2.36. The molecule has 0 bridgehead atoms. The van der Waals surface area contributed by atoms with Crippen LogP contribution in [0.15, 0.2) is 18.2 Å². The van der Waals surface area contributed by atoms with Crippen molar-refractivity contribution in [3.8, 4) is 0 Å². The fraction of sp³-hybridized carbons (Fsp3) is 0.385. The van der Waals surface area contributed by atoms with E-state index in [1.807, 2.05) is 22.6 Å². The van der Waals surface area contributed by atoms with Crippen molar-refractivity contribution in [1.82, 2.24) is 5.32 Å². The van der Waals surface area contributed by atoms with Crippen LogP contribution < -0.4 is 10.6 Å². The van der Waals surface area contributed by atoms with Crippen molar-refractivity contribution < 1.29 is 19.1 Å². The largest absolute Gasteiger partial charge is 0.481 e. The number of amides is 2. The van der Waals surface area contributed by atoms with Crippen LogP contribution in [0.1, 0.15) is 25.7 Å². The molecule has 7 heteroatoms. The molecule has 5 nitrogen and oxygen atoms in total. The summed E-state index contributed by atoms with van der Waals surface area (Å²) in [5.41, 5.74) is 0.551. The minimum Gasteiger partial charge on any atom is -0.481 e. The molecule has 2 amide bonds. The molecule has 0 radical (unpaired) electrons. The fourth-order valence-corrected chi connectivity index (χ4v) is 2.15. The highest BCUT2D eigenvalue weighted by atomic mass is 127. The zero-order valence-electron chi connectivity index (χ0n) is 10.8. The third kappa shape index (κ3) is 6.69. The quantitative estimate of drug-likeness (QED) is 0.491. The minimum atomic E-state index is -0.804. The summed E-state index contributed by atoms with van der Waals surface area (Å²) in [6, 6.07) is 3.77. The van der Waals surface area contributed by atoms with Crippen molar-refractivity contribution in [1.29, 1.82) is 0 Å². The Hall–Kier alpha value is -1.38. The summed E-state index contributed by atoms with van der Waals surface area (Å²) in [5, 5.41) is 13.8. The number of carboxylic acids is 1. The summed E-state index contributed by atoms with van der Waals surface area (Å²) in [7, 11) is 0. The third-order valence-corrected chi connectivity index (χ3v) is 3.42. The van der Waals surface area contributed by atoms with Crippen molar-refractivity contribution in [2.24, 2.45) is 0 Å². The van der Waals surface area contributed by atoms with E-state index in [4.69, 9.17) is 5.11 Å². The van der Waals surface area contributed by atoms with Gasteiger partial charge in [-0.15, -0.1) is 0 Å². The van der Waals surface area contributed by atoms with Gasteiger partial charge in [0.25, 0.3) is 0 Å². The van der Waals surface area contributed by atoms with E-state index in [1.54, 1.807) is 0 Å². The topological polar surface area (TPSA) is 78.4 Å². The Labute approximate surface area is 130 Å². The smallest absolute Gasteiger partial charge is 0.319 e. The lowest BCUT2D eigenvalue weighted by molar-refractivity contribution is -0.137. The molecule has 0 aliphatic carbocycles. The maximum Gasteiger partial charge on any atom is 0.319 e. The van der Waals surface area contributed by atoms with Crippen molar-refractivity contribution in [3.05, 3.63) is 27.6 Å². The zero-order chi connectivity index (χ0) is 15.0. The van der Waals surface area contributed by atoms with Gasteiger partial charge in [0, 0.05) is 16.5 Å². The highest BCUT2D eigenvalue weighted by molar-refractivity contribution is 14.1. The summed E-state index contributed by atoms with van der Waals surface area (Å²) < 4.78 is 13.5. The van der Waals surface area contributed by atoms with Crippen LogP contribution in [0.5, 0.6) is 0 Å². The van der Waals surface area contributed by atoms with Crippen LogP contribution in [-0.2, 0) is 4.79 Å². The average molecular weight is 394 g/mol. The highest BCUT2D eigenvalue weighted by Crippen LogP contribution is 2.18. The Balaban J connectivity index is 2.22. The van der Waals surface area contributed by atoms with E-state index in [0.717, 1.165) is 12.8 Å². The van der Waals surface area contributed by atoms with Gasteiger partial charge in [0.05, 0.1) is 5.69 Å². The summed E-state index contributed by atoms with van der Waals surface area (Å²) in [6.07, 6.45) is 2.23. The molecular formula is C13H16FIN2O3. The van der Waals surface area contributed by atoms with Crippen molar-refractivity contribution in [3.63, 3.8) is 0 Å². The molecule has 0 unspecified atom stereocenters. The van der Waals surface area contributed by atoms with Crippen LogP contribution >= 0.6 is 22.6 Å². The number of urea groups is 1. The molecule has 0 aromatic heterocycles. The second-order valence-corrected chi connectivity index (χ2v) is 5.37. The Morgan fingerprint density at radius 1 is 1.25 bits per heavy atom. The van der Waals surface area contributed by atoms with E-state index in [-0.39, 0.29) is 18.3 Å². The molecule has 0 fully saturated rings. The molecule has 0 aliphatic rings. The first-order valence-corrected chi connectivity index (χ1v) is 7.28. The first-order valence-electron chi connectivity index (χ1n) is 6.20. The molecule has 1 rings (SSSR count). The normalized spacial score (nSPS) is 10.1. The monoisotopic (exact) mass is 394 g/mol. The third-order valence-electron chi connectivity index (χ3n) is 2.53. The summed E-state index contributed by atoms with van der Waals surface area (Å²) in [4.78, 5) is 21.9. The van der Waals surface area contributed by atoms with Crippen LogP contribution in [0, 0.1) is 9.39 Å². The molecule has 110 valence electrons. The molecule has 0 saturated carbocycles. The number of carbonyl (C=O) groups is 2. The zero-order valence-corrected chi connectivity index (χ0v) is 12.9. The molecule has 20 heavy (non-hydrogen) atoms. The number of aliphatic carboxylic acids is 1. The van der Waals surface area contributed by atoms with E-state index in [1.165, 1.54) is 18.2 Å². The van der Waals surface area contributed by atoms with Gasteiger partial charge in [-0.25, -0.2) is 9.18 Å². The number of carbonyl (C=O) groups excluding carboxylic acids is 1. The van der Waals surface area contributed by atoms with Gasteiger partial charge in [-0.05, 0) is 53.6 Å². The lowest BCUT2D eigenvalue weighted by Crippen LogP contribution is -2.29. The van der Waals surface area contributed by atoms with Crippen molar-refractivity contribution in [2.75, 3.05) is 11.9 Å². The first kappa shape index (κ1) is 16.7. The number of halogens is 2. The molecule has 1 aromatic rings. The fourth-order valence-electron chi connectivity index (χ4n) is 1.54. The Morgan fingerprint density at radius 3 is 2.65 bits per heavy atom. The first-order chi connectivity index (χ1) is 9.49. The van der Waals surface area contributed by atoms with Crippen LogP contribution in [0.2, 0.25) is 0 Å². The van der Waals surface area contributed by atoms with Gasteiger partial charge in [-0.1, -0.05) is 6.42 Å². The molecule has 1 aromatic carbocycles. The van der Waals surface area contributed by atoms with Gasteiger partial charge in [0.2, 0.25) is 0 Å². The lowest BCUT2D eigenvalue weighted by Gasteiger charge is -2.09. The molecule has 0 saturated heterocycles. The number of nitrogens with one attached hydrogen (secondary N) is 2. The maximum atomic E-state index is 12.9. The van der Waals surface area contributed by atoms with Gasteiger partial charge < -0.3 is 15.7 Å².